The first-order valence-electron chi connectivity index (χ1n) is 5.66. The first kappa shape index (κ1) is 12.6. The molecular formula is C13H16N2O3. The predicted molar refractivity (Wildman–Crippen MR) is 67.6 cm³/mol. The van der Waals surface area contributed by atoms with Crippen LogP contribution in [0.1, 0.15) is 18.5 Å². The van der Waals surface area contributed by atoms with Crippen molar-refractivity contribution in [3.8, 4) is 5.75 Å². The fraction of sp³-hybridized carbons (Fsp3) is 0.385. The van der Waals surface area contributed by atoms with Crippen molar-refractivity contribution >= 4 is 17.5 Å². The normalized spacial score (nSPS) is 18.2. The number of anilines is 1. The average Bonchev–Trinajstić information content (AvgIpc) is 2.59. The van der Waals surface area contributed by atoms with E-state index < -0.39 is 6.04 Å². The summed E-state index contributed by atoms with van der Waals surface area (Å²) in [5.74, 6) is 0.141. The summed E-state index contributed by atoms with van der Waals surface area (Å²) in [6.45, 7) is 1.39. The Balaban J connectivity index is 2.59. The molecule has 1 atom stereocenters. The molecule has 0 spiro atoms. The van der Waals surface area contributed by atoms with Crippen molar-refractivity contribution in [2.75, 3.05) is 26.1 Å². The number of fused-ring (bicyclic) bond motifs is 1. The van der Waals surface area contributed by atoms with Crippen LogP contribution >= 0.6 is 0 Å². The largest absolute Gasteiger partial charge is 0.497 e. The number of nitrogens with zero attached hydrogens (tertiary/aromatic N) is 2. The third-order valence-electron chi connectivity index (χ3n) is 3.06. The lowest BCUT2D eigenvalue weighted by atomic mass is 10.1. The maximum Gasteiger partial charge on any atom is 0.255 e. The van der Waals surface area contributed by atoms with Crippen LogP contribution in [-0.4, -0.2) is 37.9 Å². The molecule has 0 fully saturated rings. The summed E-state index contributed by atoms with van der Waals surface area (Å²) in [5, 5.41) is 0. The van der Waals surface area contributed by atoms with Gasteiger partial charge in [0.15, 0.2) is 0 Å². The first-order chi connectivity index (χ1) is 8.47. The smallest absolute Gasteiger partial charge is 0.255 e. The maximum absolute atomic E-state index is 12.3. The van der Waals surface area contributed by atoms with Gasteiger partial charge in [-0.15, -0.1) is 0 Å². The van der Waals surface area contributed by atoms with Gasteiger partial charge in [0, 0.05) is 18.6 Å². The first-order valence-corrected chi connectivity index (χ1v) is 5.66. The van der Waals surface area contributed by atoms with E-state index in [4.69, 9.17) is 4.74 Å². The van der Waals surface area contributed by atoms with E-state index >= 15 is 0 Å². The second kappa shape index (κ2) is 4.42. The molecule has 96 valence electrons. The Labute approximate surface area is 106 Å². The van der Waals surface area contributed by atoms with Gasteiger partial charge in [-0.1, -0.05) is 6.07 Å². The highest BCUT2D eigenvalue weighted by Crippen LogP contribution is 2.40. The Bertz CT molecular complexity index is 511. The van der Waals surface area contributed by atoms with E-state index in [0.717, 1.165) is 5.56 Å². The lowest BCUT2D eigenvalue weighted by Crippen LogP contribution is -2.37. The zero-order chi connectivity index (χ0) is 13.4. The molecule has 18 heavy (non-hydrogen) atoms. The lowest BCUT2D eigenvalue weighted by Gasteiger charge is -2.18. The molecule has 5 nitrogen and oxygen atoms in total. The summed E-state index contributed by atoms with van der Waals surface area (Å²) >= 11 is 0. The number of benzene rings is 1. The van der Waals surface area contributed by atoms with Crippen LogP contribution in [0, 0.1) is 0 Å². The number of hydrogen-bond acceptors (Lipinski definition) is 4. The van der Waals surface area contributed by atoms with Gasteiger partial charge in [-0.3, -0.25) is 14.5 Å². The molecule has 5 heteroatoms. The molecule has 0 N–H and O–H groups in total. The van der Waals surface area contributed by atoms with E-state index in [1.165, 1.54) is 11.8 Å². The van der Waals surface area contributed by atoms with Gasteiger partial charge in [-0.25, -0.2) is 4.90 Å². The quantitative estimate of drug-likeness (QED) is 0.789. The van der Waals surface area contributed by atoms with Crippen LogP contribution in [0.3, 0.4) is 0 Å². The SMILES string of the molecule is COc1ccc2c(c1)N(C(C)=O)C(=O)C2N(C)C. The molecule has 0 saturated carbocycles. The number of hydrogen-bond donors (Lipinski definition) is 0. The third kappa shape index (κ3) is 1.76. The Kier molecular flexibility index (Phi) is 3.09. The second-order valence-corrected chi connectivity index (χ2v) is 4.48. The maximum atomic E-state index is 12.3. The van der Waals surface area contributed by atoms with Crippen molar-refractivity contribution < 1.29 is 14.3 Å². The highest BCUT2D eigenvalue weighted by molar-refractivity contribution is 6.20. The lowest BCUT2D eigenvalue weighted by molar-refractivity contribution is -0.127. The van der Waals surface area contributed by atoms with Gasteiger partial charge in [0.2, 0.25) is 5.91 Å². The summed E-state index contributed by atoms with van der Waals surface area (Å²) in [5.41, 5.74) is 1.45. The van der Waals surface area contributed by atoms with Crippen LogP contribution in [0.5, 0.6) is 5.75 Å². The van der Waals surface area contributed by atoms with Crippen LogP contribution in [0.2, 0.25) is 0 Å². The van der Waals surface area contributed by atoms with E-state index in [0.29, 0.717) is 11.4 Å². The molecule has 0 radical (unpaired) electrons. The highest BCUT2D eigenvalue weighted by atomic mass is 16.5. The number of amides is 2. The minimum absolute atomic E-state index is 0.212. The van der Waals surface area contributed by atoms with E-state index in [-0.39, 0.29) is 11.8 Å². The molecule has 1 aromatic carbocycles. The molecule has 1 aliphatic rings. The number of methoxy groups -OCH3 is 1. The molecule has 0 saturated heterocycles. The number of imide groups is 1. The Morgan fingerprint density at radius 1 is 1.39 bits per heavy atom. The summed E-state index contributed by atoms with van der Waals surface area (Å²) < 4.78 is 5.14. The Hall–Kier alpha value is -1.88. The molecular weight excluding hydrogens is 232 g/mol. The van der Waals surface area contributed by atoms with Crippen molar-refractivity contribution in [2.45, 2.75) is 13.0 Å². The topological polar surface area (TPSA) is 49.9 Å². The summed E-state index contributed by atoms with van der Waals surface area (Å²) in [4.78, 5) is 26.9. The molecule has 2 amide bonds. The average molecular weight is 248 g/mol. The number of carbonyl (C=O) groups excluding carboxylic acids is 2. The van der Waals surface area contributed by atoms with Gasteiger partial charge in [0.1, 0.15) is 11.8 Å². The number of ether oxygens (including phenoxy) is 1. The minimum atomic E-state index is -0.408. The molecule has 1 aliphatic heterocycles. The summed E-state index contributed by atoms with van der Waals surface area (Å²) in [6.07, 6.45) is 0. The van der Waals surface area contributed by atoms with E-state index in [9.17, 15) is 9.59 Å². The van der Waals surface area contributed by atoms with Crippen molar-refractivity contribution in [3.05, 3.63) is 23.8 Å². The number of rotatable bonds is 2. The summed E-state index contributed by atoms with van der Waals surface area (Å²) in [6, 6.07) is 4.94. The molecule has 1 heterocycles. The van der Waals surface area contributed by atoms with Gasteiger partial charge in [0.25, 0.3) is 5.91 Å². The van der Waals surface area contributed by atoms with Crippen LogP contribution in [0.25, 0.3) is 0 Å². The van der Waals surface area contributed by atoms with E-state index in [1.807, 2.05) is 20.2 Å². The van der Waals surface area contributed by atoms with Gasteiger partial charge < -0.3 is 4.74 Å². The zero-order valence-corrected chi connectivity index (χ0v) is 10.9. The van der Waals surface area contributed by atoms with Crippen LogP contribution in [0.4, 0.5) is 5.69 Å². The van der Waals surface area contributed by atoms with Crippen molar-refractivity contribution in [1.29, 1.82) is 0 Å². The van der Waals surface area contributed by atoms with E-state index in [2.05, 4.69) is 0 Å². The number of likely N-dealkylation sites (N-methyl/N-ethyl adjacent to an activating group) is 1. The predicted octanol–water partition coefficient (Wildman–Crippen LogP) is 1.19. The van der Waals surface area contributed by atoms with Crippen LogP contribution in [0.15, 0.2) is 18.2 Å². The third-order valence-corrected chi connectivity index (χ3v) is 3.06. The van der Waals surface area contributed by atoms with Gasteiger partial charge >= 0.3 is 0 Å². The minimum Gasteiger partial charge on any atom is -0.497 e. The Morgan fingerprint density at radius 2 is 2.06 bits per heavy atom. The standard InChI is InChI=1S/C13H16N2O3/c1-8(16)15-11-7-9(18-4)5-6-10(11)12(13(15)17)14(2)3/h5-7,12H,1-4H3. The van der Waals surface area contributed by atoms with Crippen LogP contribution in [-0.2, 0) is 9.59 Å². The fourth-order valence-corrected chi connectivity index (χ4v) is 2.27. The van der Waals surface area contributed by atoms with Crippen molar-refractivity contribution in [3.63, 3.8) is 0 Å². The Morgan fingerprint density at radius 3 is 2.56 bits per heavy atom. The highest BCUT2D eigenvalue weighted by Gasteiger charge is 2.40. The van der Waals surface area contributed by atoms with E-state index in [1.54, 1.807) is 24.1 Å². The van der Waals surface area contributed by atoms with Gasteiger partial charge in [0.05, 0.1) is 12.8 Å². The number of carbonyl (C=O) groups is 2. The molecule has 1 aromatic rings. The fourth-order valence-electron chi connectivity index (χ4n) is 2.27. The molecule has 0 bridgehead atoms. The molecule has 1 unspecified atom stereocenters. The zero-order valence-electron chi connectivity index (χ0n) is 10.9. The second-order valence-electron chi connectivity index (χ2n) is 4.48. The van der Waals surface area contributed by atoms with Crippen molar-refractivity contribution in [1.82, 2.24) is 4.90 Å². The van der Waals surface area contributed by atoms with Gasteiger partial charge in [-0.05, 0) is 20.2 Å². The van der Waals surface area contributed by atoms with Crippen molar-refractivity contribution in [2.24, 2.45) is 0 Å². The molecule has 2 rings (SSSR count). The summed E-state index contributed by atoms with van der Waals surface area (Å²) in [7, 11) is 5.19. The van der Waals surface area contributed by atoms with Crippen LogP contribution < -0.4 is 9.64 Å². The van der Waals surface area contributed by atoms with Gasteiger partial charge in [-0.2, -0.15) is 0 Å². The monoisotopic (exact) mass is 248 g/mol. The molecule has 0 aliphatic carbocycles. The molecule has 0 aromatic heterocycles.